The molecule has 6 aliphatic rings. The van der Waals surface area contributed by atoms with E-state index in [2.05, 4.69) is 52.1 Å². The fourth-order valence-corrected chi connectivity index (χ4v) is 23.9. The molecule has 0 bridgehead atoms. The molecule has 0 aromatic carbocycles. The van der Waals surface area contributed by atoms with E-state index in [0.29, 0.717) is 0 Å². The van der Waals surface area contributed by atoms with Crippen LogP contribution in [0.2, 0.25) is 0 Å². The van der Waals surface area contributed by atoms with Crippen molar-refractivity contribution >= 4 is 110 Å². The third kappa shape index (κ3) is 29.1. The maximum atomic E-state index is 15.6. The van der Waals surface area contributed by atoms with Gasteiger partial charge in [0.1, 0.15) is 116 Å². The van der Waals surface area contributed by atoms with E-state index in [4.69, 9.17) is 183 Å². The van der Waals surface area contributed by atoms with Crippen molar-refractivity contribution in [1.29, 1.82) is 0 Å². The topological polar surface area (TPSA) is 721 Å². The van der Waals surface area contributed by atoms with E-state index in [1.54, 1.807) is 6.92 Å². The van der Waals surface area contributed by atoms with E-state index in [9.17, 15) is 72.6 Å². The quantitative estimate of drug-likeness (QED) is 0.0111. The first kappa shape index (κ1) is 119. The molecule has 59 nitrogen and oxygen atoms in total. The molecule has 29 atom stereocenters. The van der Waals surface area contributed by atoms with Crippen molar-refractivity contribution in [3.63, 3.8) is 0 Å². The molecule has 6 fully saturated rings. The summed E-state index contributed by atoms with van der Waals surface area (Å²) in [7, 11) is 8.14. The molecule has 6 aliphatic heterocycles. The highest BCUT2D eigenvalue weighted by molar-refractivity contribution is 8.44. The van der Waals surface area contributed by atoms with Crippen LogP contribution in [0.15, 0.2) is 91.6 Å². The zero-order valence-electron chi connectivity index (χ0n) is 81.2. The number of aromatic nitrogens is 14. The predicted molar refractivity (Wildman–Crippen MR) is 526 cm³/mol. The lowest BCUT2D eigenvalue weighted by Crippen LogP contribution is -2.42. The molecule has 0 amide bonds. The lowest BCUT2D eigenvalue weighted by Gasteiger charge is -2.31. The van der Waals surface area contributed by atoms with E-state index < -0.39 is 270 Å². The van der Waals surface area contributed by atoms with Crippen molar-refractivity contribution in [3.8, 4) is 0 Å². The Labute approximate surface area is 863 Å². The molecular weight excluding hydrogens is 2180 g/mol. The van der Waals surface area contributed by atoms with Gasteiger partial charge in [-0.1, -0.05) is 19.2 Å². The number of thiol groups is 1. The second-order valence-corrected chi connectivity index (χ2v) is 47.9. The summed E-state index contributed by atoms with van der Waals surface area (Å²) in [6.45, 7) is -23.1. The van der Waals surface area contributed by atoms with Gasteiger partial charge in [0.15, 0.2) is 48.8 Å². The Morgan fingerprint density at radius 3 is 0.885 bits per heavy atom. The maximum absolute atomic E-state index is 15.6. The average molecular weight is 2300 g/mol. The number of H-pyrrole nitrogens is 5. The minimum Gasteiger partial charge on any atom is -0.387 e. The molecule has 7 aromatic heterocycles. The number of nitrogens with zero attached hydrogens (tertiary/aromatic N) is 9. The number of hydrogen-bond acceptors (Lipinski definition) is 48. The van der Waals surface area contributed by atoms with Gasteiger partial charge in [-0.2, -0.15) is 0 Å². The fourth-order valence-electron chi connectivity index (χ4n) is 16.6. The van der Waals surface area contributed by atoms with Gasteiger partial charge >= 0.3 is 62.1 Å². The highest BCUT2D eigenvalue weighted by Gasteiger charge is 2.59. The Kier molecular flexibility index (Phi) is 42.0. The summed E-state index contributed by atoms with van der Waals surface area (Å²) in [5.74, 6) is -0.0669. The zero-order valence-corrected chi connectivity index (χ0v) is 89.8. The molecule has 7 aromatic rings. The summed E-state index contributed by atoms with van der Waals surface area (Å²) in [5.41, 5.74) is -2.45. The van der Waals surface area contributed by atoms with Crippen LogP contribution in [0.5, 0.6) is 0 Å². The number of ether oxygens (including phenoxy) is 18. The first-order chi connectivity index (χ1) is 70.3. The Bertz CT molecular complexity index is 6640. The van der Waals surface area contributed by atoms with Crippen LogP contribution in [0.1, 0.15) is 78.5 Å². The van der Waals surface area contributed by atoms with Crippen LogP contribution in [0.25, 0.3) is 11.2 Å². The van der Waals surface area contributed by atoms with Crippen molar-refractivity contribution in [1.82, 2.24) is 67.3 Å². The standard InChI is InChI=1S/C79H116N15O44P5S5/c1-13-43-51(57(118-21-15-112-8)70(128-43)90-27-39(3)65(97)85-76(90)102)134-140(107,145)124-32-45-52(58(119-22-16-113-9)71(130-45)91-28-40(4)66(98)86-77(91)103)135-141(108,146)125-33-46-53(59(120-23-17-114-10)72(131-46)92-29-41(5)67(99)87-78(92)104)136-142(109,147)126-34-47-54(60(121-24-18-115-11)73(132-47)93-30-42(6)68(100)88-79(93)105)137-143(110,148)127-35-48-55(61(122-25-19-116-12)74(133-48)94-37-83-49-62(80)81-36-82-63(49)94)138-139(106,144)123-31-44-50(95)56(117-20-14-111-7)69(129-44)89-26-38(2)64(96)84-75(89)101/h26-30,36-37,43-48,50-61,69-74,95H,13-25,31-35H2,1-12H3,(H,106,144)(H,107,145)(H,108,146)(H,109,147)(H,110,148)(H2,80,81,82)(H,84,96,101)(H,85,97,102)(H,86,98,103)(H,87,99,104)(H,88,100,105)/t43-,44-,45-,46-,47-,48-,50?,51?,52?,53?,54?,55?,56+,57+,58+,59+,60+,61+,69-,70-,71-,72-,73-,74-,139?,140?,141?,142?,143?/m1/s1. The first-order valence-electron chi connectivity index (χ1n) is 45.3. The smallest absolute Gasteiger partial charge is 0.386 e. The van der Waals surface area contributed by atoms with E-state index in [-0.39, 0.29) is 131 Å². The van der Waals surface area contributed by atoms with Gasteiger partial charge in [-0.15, -0.1) is 0 Å². The monoisotopic (exact) mass is 2290 g/mol. The summed E-state index contributed by atoms with van der Waals surface area (Å²) < 4.78 is 192. The predicted octanol–water partition coefficient (Wildman–Crippen LogP) is -2.04. The van der Waals surface area contributed by atoms with Crippen LogP contribution >= 0.6 is 45.9 Å². The van der Waals surface area contributed by atoms with Gasteiger partial charge in [0.05, 0.1) is 125 Å². The number of aliphatic hydroxyl groups is 1. The molecule has 11 unspecified atom stereocenters. The van der Waals surface area contributed by atoms with Crippen LogP contribution in [-0.2, 0) is 182 Å². The zero-order chi connectivity index (χ0) is 107. The van der Waals surface area contributed by atoms with E-state index in [1.807, 2.05) is 0 Å². The van der Waals surface area contributed by atoms with Crippen molar-refractivity contribution in [3.05, 3.63) is 176 Å². The maximum Gasteiger partial charge on any atom is 0.386 e. The first-order valence-corrected chi connectivity index (χ1v) is 58.4. The largest absolute Gasteiger partial charge is 0.387 e. The Balaban J connectivity index is 0.803. The Morgan fingerprint density at radius 2 is 0.595 bits per heavy atom. The molecule has 69 heteroatoms. The number of aryl methyl sites for hydroxylation is 5. The molecule has 826 valence electrons. The van der Waals surface area contributed by atoms with Gasteiger partial charge in [-0.05, 0) is 88.3 Å². The minimum atomic E-state index is -5.19. The van der Waals surface area contributed by atoms with Gasteiger partial charge in [0.25, 0.3) is 27.8 Å². The molecule has 6 saturated heterocycles. The summed E-state index contributed by atoms with van der Waals surface area (Å²) in [6.07, 6.45) is -30.0. The van der Waals surface area contributed by atoms with Crippen molar-refractivity contribution in [2.45, 2.75) is 195 Å². The summed E-state index contributed by atoms with van der Waals surface area (Å²) >= 11 is 27.5. The summed E-state index contributed by atoms with van der Waals surface area (Å²) in [6, 6.07) is 0. The lowest BCUT2D eigenvalue weighted by atomic mass is 10.1. The van der Waals surface area contributed by atoms with Gasteiger partial charge in [-0.25, -0.2) is 43.5 Å². The van der Waals surface area contributed by atoms with Crippen LogP contribution in [0.4, 0.5) is 5.82 Å². The number of nitrogens with two attached hydrogens (primary N) is 1. The molecule has 0 spiro atoms. The number of fused-ring (bicyclic) bond motifs is 1. The van der Waals surface area contributed by atoms with Crippen molar-refractivity contribution < 1.29 is 160 Å². The van der Waals surface area contributed by atoms with Crippen LogP contribution in [-0.4, -0.2) is 357 Å². The normalized spacial score (nSPS) is 29.3. The number of aromatic amines is 5. The van der Waals surface area contributed by atoms with Gasteiger partial charge in [0.2, 0.25) is 0 Å². The highest BCUT2D eigenvalue weighted by atomic mass is 32.7. The van der Waals surface area contributed by atoms with Crippen molar-refractivity contribution in [2.75, 3.05) is 161 Å². The molecule has 13 rings (SSSR count). The molecule has 12 N–H and O–H groups in total. The number of methoxy groups -OCH3 is 6. The van der Waals surface area contributed by atoms with E-state index in [0.717, 1.165) is 47.8 Å². The number of rotatable bonds is 56. The average Bonchev–Trinajstić information content (AvgIpc) is 1.61. The number of hydrogen-bond donors (Lipinski definition) is 12. The molecule has 13 heterocycles. The molecule has 0 radical (unpaired) electrons. The van der Waals surface area contributed by atoms with Crippen molar-refractivity contribution in [2.24, 2.45) is 0 Å². The highest BCUT2D eigenvalue weighted by Crippen LogP contribution is 2.60. The third-order valence-corrected chi connectivity index (χ3v) is 31.6. The lowest BCUT2D eigenvalue weighted by molar-refractivity contribution is -0.0838. The van der Waals surface area contributed by atoms with E-state index in [1.165, 1.54) is 101 Å². The Morgan fingerprint density at radius 1 is 0.351 bits per heavy atom. The summed E-state index contributed by atoms with van der Waals surface area (Å²) in [4.78, 5) is 207. The van der Waals surface area contributed by atoms with Gasteiger partial charge in [0, 0.05) is 101 Å². The second kappa shape index (κ2) is 52.4. The van der Waals surface area contributed by atoms with E-state index >= 15 is 4.57 Å². The SMILES string of the molecule is CC[C@H]1O[C@@H](n2cc(C)c(=O)[nH]c2=O)[C@@H](OCCOC)C1OP(O)(=S)OC[C@H]1O[C@@H](n2cc(C)c(=O)[nH]c2=O)[C@@H](OCCOC)C1OP(=O)(S)OC[C@H]1O[C@@H](n2cc(C)c(=O)[nH]c2=O)[C@@H](OCCOC)C1OP(O)(=S)OC[C@H]1O[C@@H](n2cc(C)c(=O)[nH]c2=O)[C@@H](OCCOC)C1OP(O)(=S)OC[C@H]1O[C@@H](n2cnc3c(N)ncnc32)[C@@H](OCCOC)C1OP(O)(=S)OC[C@H]1O[C@@H](n2cc(C)c(=O)[nH]c2=O)[C@@H](OCCOC)C1O. The minimum absolute atomic E-state index is 0.0148. The molecule has 0 aliphatic carbocycles. The fraction of sp³-hybridized carbons (Fsp3) is 0.684. The third-order valence-electron chi connectivity index (χ3n) is 23.8. The molecule has 148 heavy (non-hydrogen) atoms. The van der Waals surface area contributed by atoms with Crippen LogP contribution in [0, 0.1) is 34.6 Å². The number of anilines is 1. The number of aliphatic hydroxyl groups excluding tert-OH is 1. The van der Waals surface area contributed by atoms with Gasteiger partial charge in [-0.3, -0.25) is 103 Å². The molecule has 0 saturated carbocycles. The Hall–Kier alpha value is -6.39. The summed E-state index contributed by atoms with van der Waals surface area (Å²) in [5, 5.41) is 11.8. The number of nitrogens with one attached hydrogen (secondary N) is 5. The molecular formula is C79H116N15O44P5S5. The van der Waals surface area contributed by atoms with Crippen LogP contribution < -0.4 is 62.0 Å². The van der Waals surface area contributed by atoms with Gasteiger partial charge < -0.3 is 134 Å². The van der Waals surface area contributed by atoms with Crippen LogP contribution in [0.3, 0.4) is 0 Å². The number of imidazole rings is 1. The second-order valence-electron chi connectivity index (χ2n) is 33.9. The number of nitrogen functional groups attached to an aromatic ring is 1.